The molecule has 1 unspecified atom stereocenters. The predicted molar refractivity (Wildman–Crippen MR) is 83.4 cm³/mol. The molecule has 0 aromatic heterocycles. The number of hydrogen-bond donors (Lipinski definition) is 2. The van der Waals surface area contributed by atoms with E-state index < -0.39 is 10.2 Å². The molecule has 1 aliphatic heterocycles. The molecule has 0 aromatic carbocycles. The number of hydrogen-bond acceptors (Lipinski definition) is 4. The summed E-state index contributed by atoms with van der Waals surface area (Å²) in [6.45, 7) is 4.44. The minimum Gasteiger partial charge on any atom is -0.381 e. The number of nitrogens with one attached hydrogen (secondary N) is 2. The second kappa shape index (κ2) is 7.87. The van der Waals surface area contributed by atoms with Crippen molar-refractivity contribution in [3.63, 3.8) is 0 Å². The van der Waals surface area contributed by atoms with E-state index in [4.69, 9.17) is 4.74 Å². The lowest BCUT2D eigenvalue weighted by Crippen LogP contribution is -2.57. The van der Waals surface area contributed by atoms with Crippen molar-refractivity contribution in [2.75, 3.05) is 26.7 Å². The van der Waals surface area contributed by atoms with E-state index in [-0.39, 0.29) is 18.2 Å². The second-order valence-corrected chi connectivity index (χ2v) is 7.77. The predicted octanol–water partition coefficient (Wildman–Crippen LogP) is 0.852. The Morgan fingerprint density at radius 3 is 2.71 bits per heavy atom. The lowest BCUT2D eigenvalue weighted by atomic mass is 9.90. The molecule has 2 N–H and O–H groups in total. The average Bonchev–Trinajstić information content (AvgIpc) is 2.43. The molecule has 0 bridgehead atoms. The highest BCUT2D eigenvalue weighted by Gasteiger charge is 2.37. The standard InChI is InChI=1S/C14H29N3O3S/c1-3-7-15-11-13-6-4-5-8-17(13)21(18,19)16-12-9-14(10-12)20-2/h12-16H,3-11H2,1-2H3. The zero-order chi connectivity index (χ0) is 15.3. The maximum absolute atomic E-state index is 12.6. The van der Waals surface area contributed by atoms with Crippen LogP contribution in [0, 0.1) is 0 Å². The molecule has 7 heteroatoms. The summed E-state index contributed by atoms with van der Waals surface area (Å²) in [4.78, 5) is 0. The summed E-state index contributed by atoms with van der Waals surface area (Å²) in [6.07, 6.45) is 5.85. The third-order valence-corrected chi connectivity index (χ3v) is 6.16. The molecule has 21 heavy (non-hydrogen) atoms. The van der Waals surface area contributed by atoms with Gasteiger partial charge in [0.1, 0.15) is 0 Å². The van der Waals surface area contributed by atoms with Crippen LogP contribution in [0.1, 0.15) is 45.4 Å². The molecule has 2 fully saturated rings. The summed E-state index contributed by atoms with van der Waals surface area (Å²) in [5, 5.41) is 3.35. The summed E-state index contributed by atoms with van der Waals surface area (Å²) < 4.78 is 34.9. The number of ether oxygens (including phenoxy) is 1. The summed E-state index contributed by atoms with van der Waals surface area (Å²) in [7, 11) is -1.70. The highest BCUT2D eigenvalue weighted by atomic mass is 32.2. The molecule has 1 atom stereocenters. The van der Waals surface area contributed by atoms with Gasteiger partial charge in [-0.25, -0.2) is 0 Å². The average molecular weight is 319 g/mol. The first-order chi connectivity index (χ1) is 10.1. The van der Waals surface area contributed by atoms with Crippen LogP contribution < -0.4 is 10.0 Å². The van der Waals surface area contributed by atoms with Crippen molar-refractivity contribution in [2.45, 2.75) is 63.6 Å². The van der Waals surface area contributed by atoms with Crippen molar-refractivity contribution in [1.82, 2.24) is 14.3 Å². The normalized spacial score (nSPS) is 31.0. The third-order valence-electron chi connectivity index (χ3n) is 4.43. The van der Waals surface area contributed by atoms with E-state index >= 15 is 0 Å². The third kappa shape index (κ3) is 4.63. The van der Waals surface area contributed by atoms with Crippen LogP contribution in [0.5, 0.6) is 0 Å². The fourth-order valence-electron chi connectivity index (χ4n) is 3.07. The molecule has 1 heterocycles. The van der Waals surface area contributed by atoms with Crippen LogP contribution in [0.2, 0.25) is 0 Å². The molecule has 0 radical (unpaired) electrons. The first kappa shape index (κ1) is 17.1. The number of nitrogens with zero attached hydrogens (tertiary/aromatic N) is 1. The molecular formula is C14H29N3O3S. The van der Waals surface area contributed by atoms with Gasteiger partial charge in [0, 0.05) is 32.3 Å². The Balaban J connectivity index is 1.89. The van der Waals surface area contributed by atoms with Crippen LogP contribution >= 0.6 is 0 Å². The highest BCUT2D eigenvalue weighted by molar-refractivity contribution is 7.87. The van der Waals surface area contributed by atoms with Crippen LogP contribution in [-0.2, 0) is 14.9 Å². The number of rotatable bonds is 8. The molecule has 1 saturated heterocycles. The van der Waals surface area contributed by atoms with Crippen LogP contribution in [-0.4, -0.2) is 57.7 Å². The Morgan fingerprint density at radius 1 is 1.29 bits per heavy atom. The Labute approximate surface area is 128 Å². The van der Waals surface area contributed by atoms with Crippen molar-refractivity contribution < 1.29 is 13.2 Å². The Bertz CT molecular complexity index is 410. The highest BCUT2D eigenvalue weighted by Crippen LogP contribution is 2.25. The second-order valence-electron chi connectivity index (χ2n) is 6.11. The fourth-order valence-corrected chi connectivity index (χ4v) is 4.76. The van der Waals surface area contributed by atoms with Gasteiger partial charge in [-0.1, -0.05) is 13.3 Å². The van der Waals surface area contributed by atoms with E-state index in [9.17, 15) is 8.42 Å². The summed E-state index contributed by atoms with van der Waals surface area (Å²) >= 11 is 0. The van der Waals surface area contributed by atoms with E-state index in [1.165, 1.54) is 0 Å². The first-order valence-electron chi connectivity index (χ1n) is 8.09. The summed E-state index contributed by atoms with van der Waals surface area (Å²) in [5.74, 6) is 0. The van der Waals surface area contributed by atoms with Crippen LogP contribution in [0.4, 0.5) is 0 Å². The van der Waals surface area contributed by atoms with E-state index in [0.29, 0.717) is 6.54 Å². The zero-order valence-electron chi connectivity index (χ0n) is 13.2. The van der Waals surface area contributed by atoms with E-state index in [1.54, 1.807) is 11.4 Å². The molecular weight excluding hydrogens is 290 g/mol. The first-order valence-corrected chi connectivity index (χ1v) is 9.53. The molecule has 2 aliphatic rings. The molecule has 0 amide bonds. The van der Waals surface area contributed by atoms with Gasteiger partial charge in [0.05, 0.1) is 6.10 Å². The van der Waals surface area contributed by atoms with Gasteiger partial charge in [0.25, 0.3) is 10.2 Å². The van der Waals surface area contributed by atoms with Gasteiger partial charge in [-0.3, -0.25) is 0 Å². The van der Waals surface area contributed by atoms with E-state index in [0.717, 1.165) is 51.6 Å². The smallest absolute Gasteiger partial charge is 0.279 e. The maximum Gasteiger partial charge on any atom is 0.279 e. The Morgan fingerprint density at radius 2 is 2.05 bits per heavy atom. The van der Waals surface area contributed by atoms with E-state index in [1.807, 2.05) is 0 Å². The molecule has 124 valence electrons. The van der Waals surface area contributed by atoms with Crippen molar-refractivity contribution in [3.8, 4) is 0 Å². The Kier molecular flexibility index (Phi) is 6.43. The largest absolute Gasteiger partial charge is 0.381 e. The SMILES string of the molecule is CCCNCC1CCCCN1S(=O)(=O)NC1CC(OC)C1. The van der Waals surface area contributed by atoms with Crippen LogP contribution in [0.25, 0.3) is 0 Å². The van der Waals surface area contributed by atoms with Gasteiger partial charge in [0.15, 0.2) is 0 Å². The lowest BCUT2D eigenvalue weighted by Gasteiger charge is -2.39. The molecule has 1 aliphatic carbocycles. The van der Waals surface area contributed by atoms with Crippen molar-refractivity contribution in [1.29, 1.82) is 0 Å². The fraction of sp³-hybridized carbons (Fsp3) is 1.00. The van der Waals surface area contributed by atoms with Gasteiger partial charge in [-0.2, -0.15) is 17.4 Å². The van der Waals surface area contributed by atoms with E-state index in [2.05, 4.69) is 17.0 Å². The van der Waals surface area contributed by atoms with Gasteiger partial charge >= 0.3 is 0 Å². The molecule has 0 spiro atoms. The maximum atomic E-state index is 12.6. The quantitative estimate of drug-likeness (QED) is 0.651. The molecule has 6 nitrogen and oxygen atoms in total. The van der Waals surface area contributed by atoms with Gasteiger partial charge in [-0.05, 0) is 38.6 Å². The summed E-state index contributed by atoms with van der Waals surface area (Å²) in [5.41, 5.74) is 0. The molecule has 2 rings (SSSR count). The van der Waals surface area contributed by atoms with Crippen molar-refractivity contribution in [2.24, 2.45) is 0 Å². The van der Waals surface area contributed by atoms with Crippen LogP contribution in [0.3, 0.4) is 0 Å². The van der Waals surface area contributed by atoms with Gasteiger partial charge in [0.2, 0.25) is 0 Å². The van der Waals surface area contributed by atoms with Crippen molar-refractivity contribution in [3.05, 3.63) is 0 Å². The molecule has 1 saturated carbocycles. The topological polar surface area (TPSA) is 70.7 Å². The van der Waals surface area contributed by atoms with Crippen molar-refractivity contribution >= 4 is 10.2 Å². The lowest BCUT2D eigenvalue weighted by molar-refractivity contribution is 0.0230. The summed E-state index contributed by atoms with van der Waals surface area (Å²) in [6, 6.07) is 0.118. The van der Waals surface area contributed by atoms with Gasteiger partial charge < -0.3 is 10.1 Å². The van der Waals surface area contributed by atoms with Crippen LogP contribution in [0.15, 0.2) is 0 Å². The number of piperidine rings is 1. The minimum atomic E-state index is -3.37. The molecule has 0 aromatic rings. The minimum absolute atomic E-state index is 0.0335. The van der Waals surface area contributed by atoms with Gasteiger partial charge in [-0.15, -0.1) is 0 Å². The monoisotopic (exact) mass is 319 g/mol. The Hall–Kier alpha value is -0.210. The number of methoxy groups -OCH3 is 1. The zero-order valence-corrected chi connectivity index (χ0v) is 14.0.